The molecule has 4 nitrogen and oxygen atoms in total. The van der Waals surface area contributed by atoms with Gasteiger partial charge in [0.2, 0.25) is 0 Å². The molecule has 0 amide bonds. The summed E-state index contributed by atoms with van der Waals surface area (Å²) in [4.78, 5) is 5.04. The molecule has 0 bridgehead atoms. The predicted octanol–water partition coefficient (Wildman–Crippen LogP) is 2.72. The topological polar surface area (TPSA) is 24.9 Å². The molecule has 2 aliphatic rings. The van der Waals surface area contributed by atoms with Crippen LogP contribution in [0.4, 0.5) is 0 Å². The summed E-state index contributed by atoms with van der Waals surface area (Å²) in [5.41, 5.74) is -0.149. The SMILES string of the molecule is COC1CCN(C(C)(C)OC2CCN(C(C)C)CC2)CC1. The first-order valence-electron chi connectivity index (χ1n) is 8.62. The molecule has 0 spiro atoms. The van der Waals surface area contributed by atoms with Crippen LogP contribution in [0.25, 0.3) is 0 Å². The Morgan fingerprint density at radius 1 is 0.905 bits per heavy atom. The van der Waals surface area contributed by atoms with Crippen molar-refractivity contribution in [1.29, 1.82) is 0 Å². The van der Waals surface area contributed by atoms with Crippen LogP contribution in [0.5, 0.6) is 0 Å². The van der Waals surface area contributed by atoms with Crippen LogP contribution in [0, 0.1) is 0 Å². The summed E-state index contributed by atoms with van der Waals surface area (Å²) in [6, 6.07) is 0.659. The van der Waals surface area contributed by atoms with Gasteiger partial charge >= 0.3 is 0 Å². The van der Waals surface area contributed by atoms with E-state index in [0.29, 0.717) is 18.2 Å². The molecule has 2 aliphatic heterocycles. The van der Waals surface area contributed by atoms with E-state index in [4.69, 9.17) is 9.47 Å². The average molecular weight is 298 g/mol. The van der Waals surface area contributed by atoms with Gasteiger partial charge in [-0.2, -0.15) is 0 Å². The smallest absolute Gasteiger partial charge is 0.116 e. The fraction of sp³-hybridized carbons (Fsp3) is 1.00. The number of hydrogen-bond acceptors (Lipinski definition) is 4. The van der Waals surface area contributed by atoms with Crippen molar-refractivity contribution in [1.82, 2.24) is 9.80 Å². The Labute approximate surface area is 130 Å². The third-order valence-electron chi connectivity index (χ3n) is 5.20. The van der Waals surface area contributed by atoms with Crippen LogP contribution in [-0.2, 0) is 9.47 Å². The number of piperidine rings is 2. The molecule has 0 aliphatic carbocycles. The number of nitrogens with zero attached hydrogens (tertiary/aromatic N) is 2. The molecular weight excluding hydrogens is 264 g/mol. The van der Waals surface area contributed by atoms with E-state index in [1.165, 1.54) is 13.1 Å². The van der Waals surface area contributed by atoms with Gasteiger partial charge in [0.1, 0.15) is 5.72 Å². The normalized spacial score (nSPS) is 24.9. The lowest BCUT2D eigenvalue weighted by molar-refractivity contribution is -0.185. The molecule has 0 saturated carbocycles. The molecule has 0 atom stereocenters. The molecule has 0 unspecified atom stereocenters. The minimum absolute atomic E-state index is 0.149. The fourth-order valence-corrected chi connectivity index (χ4v) is 3.62. The lowest BCUT2D eigenvalue weighted by atomic mass is 10.0. The zero-order valence-electron chi connectivity index (χ0n) is 14.6. The van der Waals surface area contributed by atoms with Gasteiger partial charge in [-0.3, -0.25) is 4.90 Å². The van der Waals surface area contributed by atoms with Crippen LogP contribution >= 0.6 is 0 Å². The van der Waals surface area contributed by atoms with Gasteiger partial charge in [0, 0.05) is 39.3 Å². The molecule has 0 aromatic carbocycles. The zero-order valence-corrected chi connectivity index (χ0v) is 14.6. The van der Waals surface area contributed by atoms with Crippen molar-refractivity contribution in [3.05, 3.63) is 0 Å². The van der Waals surface area contributed by atoms with Gasteiger partial charge in [0.15, 0.2) is 0 Å². The van der Waals surface area contributed by atoms with Crippen LogP contribution in [0.2, 0.25) is 0 Å². The Kier molecular flexibility index (Phi) is 6.06. The summed E-state index contributed by atoms with van der Waals surface area (Å²) in [5, 5.41) is 0. The first-order valence-corrected chi connectivity index (χ1v) is 8.62. The molecule has 2 saturated heterocycles. The summed E-state index contributed by atoms with van der Waals surface area (Å²) < 4.78 is 11.9. The van der Waals surface area contributed by atoms with Crippen molar-refractivity contribution in [2.24, 2.45) is 0 Å². The lowest BCUT2D eigenvalue weighted by Crippen LogP contribution is -2.53. The van der Waals surface area contributed by atoms with E-state index in [2.05, 4.69) is 37.5 Å². The van der Waals surface area contributed by atoms with Gasteiger partial charge in [0.05, 0.1) is 12.2 Å². The van der Waals surface area contributed by atoms with Crippen molar-refractivity contribution in [3.8, 4) is 0 Å². The van der Waals surface area contributed by atoms with E-state index in [9.17, 15) is 0 Å². The minimum Gasteiger partial charge on any atom is -0.381 e. The second-order valence-electron chi connectivity index (χ2n) is 7.32. The number of rotatable bonds is 5. The van der Waals surface area contributed by atoms with E-state index in [1.807, 2.05) is 7.11 Å². The van der Waals surface area contributed by atoms with Crippen LogP contribution in [0.1, 0.15) is 53.4 Å². The predicted molar refractivity (Wildman–Crippen MR) is 86.5 cm³/mol. The van der Waals surface area contributed by atoms with Gasteiger partial charge in [0.25, 0.3) is 0 Å². The molecule has 4 heteroatoms. The Balaban J connectivity index is 1.79. The number of ether oxygens (including phenoxy) is 2. The average Bonchev–Trinajstić information content (AvgIpc) is 2.47. The molecule has 0 aromatic rings. The second-order valence-corrected chi connectivity index (χ2v) is 7.32. The van der Waals surface area contributed by atoms with Gasteiger partial charge in [-0.1, -0.05) is 0 Å². The Morgan fingerprint density at radius 2 is 1.43 bits per heavy atom. The van der Waals surface area contributed by atoms with E-state index >= 15 is 0 Å². The lowest BCUT2D eigenvalue weighted by Gasteiger charge is -2.45. The molecule has 2 heterocycles. The molecular formula is C17H34N2O2. The standard InChI is InChI=1S/C17H34N2O2/c1-14(2)18-10-6-16(7-11-18)21-17(3,4)19-12-8-15(20-5)9-13-19/h14-16H,6-13H2,1-5H3. The maximum atomic E-state index is 6.47. The maximum Gasteiger partial charge on any atom is 0.116 e. The third-order valence-corrected chi connectivity index (χ3v) is 5.20. The van der Waals surface area contributed by atoms with Gasteiger partial charge in [-0.15, -0.1) is 0 Å². The molecule has 0 radical (unpaired) electrons. The molecule has 124 valence electrons. The minimum atomic E-state index is -0.149. The molecule has 2 fully saturated rings. The largest absolute Gasteiger partial charge is 0.381 e. The molecule has 21 heavy (non-hydrogen) atoms. The summed E-state index contributed by atoms with van der Waals surface area (Å²) >= 11 is 0. The molecule has 0 aromatic heterocycles. The van der Waals surface area contributed by atoms with Gasteiger partial charge in [-0.05, 0) is 53.4 Å². The quantitative estimate of drug-likeness (QED) is 0.779. The van der Waals surface area contributed by atoms with Crippen LogP contribution in [0.3, 0.4) is 0 Å². The third kappa shape index (κ3) is 4.65. The van der Waals surface area contributed by atoms with E-state index in [1.54, 1.807) is 0 Å². The van der Waals surface area contributed by atoms with Gasteiger partial charge in [-0.25, -0.2) is 0 Å². The van der Waals surface area contributed by atoms with Crippen molar-refractivity contribution >= 4 is 0 Å². The first kappa shape index (κ1) is 17.2. The van der Waals surface area contributed by atoms with E-state index in [-0.39, 0.29) is 5.72 Å². The Bertz CT molecular complexity index is 304. The highest BCUT2D eigenvalue weighted by Gasteiger charge is 2.34. The summed E-state index contributed by atoms with van der Waals surface area (Å²) in [7, 11) is 1.82. The van der Waals surface area contributed by atoms with E-state index < -0.39 is 0 Å². The maximum absolute atomic E-state index is 6.47. The highest BCUT2D eigenvalue weighted by molar-refractivity contribution is 4.82. The second kappa shape index (κ2) is 7.40. The van der Waals surface area contributed by atoms with Crippen LogP contribution in [0.15, 0.2) is 0 Å². The van der Waals surface area contributed by atoms with E-state index in [0.717, 1.165) is 38.8 Å². The van der Waals surface area contributed by atoms with Crippen molar-refractivity contribution < 1.29 is 9.47 Å². The van der Waals surface area contributed by atoms with Crippen LogP contribution in [-0.4, -0.2) is 67.1 Å². The van der Waals surface area contributed by atoms with Crippen LogP contribution < -0.4 is 0 Å². The van der Waals surface area contributed by atoms with Crippen molar-refractivity contribution in [3.63, 3.8) is 0 Å². The Morgan fingerprint density at radius 3 is 1.90 bits per heavy atom. The number of methoxy groups -OCH3 is 1. The van der Waals surface area contributed by atoms with Crippen molar-refractivity contribution in [2.45, 2.75) is 77.4 Å². The number of hydrogen-bond donors (Lipinski definition) is 0. The summed E-state index contributed by atoms with van der Waals surface area (Å²) in [5.74, 6) is 0. The monoisotopic (exact) mass is 298 g/mol. The first-order chi connectivity index (χ1) is 9.92. The summed E-state index contributed by atoms with van der Waals surface area (Å²) in [6.45, 7) is 13.5. The highest BCUT2D eigenvalue weighted by Crippen LogP contribution is 2.27. The van der Waals surface area contributed by atoms with Gasteiger partial charge < -0.3 is 14.4 Å². The highest BCUT2D eigenvalue weighted by atomic mass is 16.5. The number of likely N-dealkylation sites (tertiary alicyclic amines) is 2. The molecule has 0 N–H and O–H groups in total. The zero-order chi connectivity index (χ0) is 15.5. The molecule has 2 rings (SSSR count). The fourth-order valence-electron chi connectivity index (χ4n) is 3.62. The summed E-state index contributed by atoms with van der Waals surface area (Å²) in [6.07, 6.45) is 5.41. The van der Waals surface area contributed by atoms with Crippen molar-refractivity contribution in [2.75, 3.05) is 33.3 Å². The Hall–Kier alpha value is -0.160.